The number of nitrogens with one attached hydrogen (secondary N) is 1. The maximum Gasteiger partial charge on any atom is 0.156 e. The molecule has 0 spiro atoms. The highest BCUT2D eigenvalue weighted by atomic mass is 79.9. The maximum absolute atomic E-state index is 10.1. The standard InChI is InChI=1S/C16H13Br3N2O/c1-9(17)3-4-10(2)20-8-11-5-6-12-13(18)7-14(19)16(22)15(12)21-11/h3-7,20,22H,1-2,8H2/b4-3-. The van der Waals surface area contributed by atoms with E-state index in [9.17, 15) is 5.11 Å². The van der Waals surface area contributed by atoms with E-state index >= 15 is 0 Å². The third-order valence-corrected chi connectivity index (χ3v) is 4.40. The molecule has 0 aliphatic rings. The van der Waals surface area contributed by atoms with E-state index < -0.39 is 0 Å². The van der Waals surface area contributed by atoms with Gasteiger partial charge in [-0.1, -0.05) is 45.0 Å². The van der Waals surface area contributed by atoms with Crippen LogP contribution in [0, 0.1) is 0 Å². The van der Waals surface area contributed by atoms with Crippen LogP contribution >= 0.6 is 47.8 Å². The molecule has 0 amide bonds. The van der Waals surface area contributed by atoms with Gasteiger partial charge in [0.15, 0.2) is 5.75 Å². The van der Waals surface area contributed by atoms with Crippen LogP contribution < -0.4 is 5.32 Å². The van der Waals surface area contributed by atoms with Crippen LogP contribution in [0.25, 0.3) is 10.9 Å². The molecule has 0 fully saturated rings. The molecule has 1 aromatic heterocycles. The van der Waals surface area contributed by atoms with Crippen molar-refractivity contribution in [1.29, 1.82) is 0 Å². The molecule has 0 saturated carbocycles. The predicted molar refractivity (Wildman–Crippen MR) is 102 cm³/mol. The molecular weight excluding hydrogens is 476 g/mol. The smallest absolute Gasteiger partial charge is 0.156 e. The molecular formula is C16H13Br3N2O. The Morgan fingerprint density at radius 1 is 1.23 bits per heavy atom. The molecule has 0 unspecified atom stereocenters. The van der Waals surface area contributed by atoms with Gasteiger partial charge in [0.1, 0.15) is 5.52 Å². The van der Waals surface area contributed by atoms with Crippen LogP contribution in [0.3, 0.4) is 0 Å². The average Bonchev–Trinajstić information content (AvgIpc) is 2.48. The van der Waals surface area contributed by atoms with E-state index in [4.69, 9.17) is 0 Å². The molecule has 3 nitrogen and oxygen atoms in total. The van der Waals surface area contributed by atoms with Crippen molar-refractivity contribution in [2.75, 3.05) is 0 Å². The number of phenols is 1. The van der Waals surface area contributed by atoms with E-state index in [1.54, 1.807) is 6.07 Å². The first-order chi connectivity index (χ1) is 10.4. The first-order valence-electron chi connectivity index (χ1n) is 6.30. The third-order valence-electron chi connectivity index (χ3n) is 2.88. The van der Waals surface area contributed by atoms with Gasteiger partial charge in [0.05, 0.1) is 16.7 Å². The Morgan fingerprint density at radius 2 is 1.95 bits per heavy atom. The SMILES string of the molecule is C=C(Br)/C=C\C(=C)NCc1ccc2c(Br)cc(Br)c(O)c2n1. The van der Waals surface area contributed by atoms with Crippen molar-refractivity contribution in [1.82, 2.24) is 10.3 Å². The van der Waals surface area contributed by atoms with Crippen LogP contribution in [0.1, 0.15) is 5.69 Å². The van der Waals surface area contributed by atoms with E-state index in [0.717, 1.165) is 25.7 Å². The van der Waals surface area contributed by atoms with Crippen molar-refractivity contribution < 1.29 is 5.11 Å². The first kappa shape index (κ1) is 17.2. The van der Waals surface area contributed by atoms with Crippen LogP contribution in [0.2, 0.25) is 0 Å². The van der Waals surface area contributed by atoms with Gasteiger partial charge in [-0.25, -0.2) is 4.98 Å². The molecule has 2 N–H and O–H groups in total. The van der Waals surface area contributed by atoms with Crippen LogP contribution in [-0.2, 0) is 6.54 Å². The summed E-state index contributed by atoms with van der Waals surface area (Å²) >= 11 is 10.0. The molecule has 2 aromatic rings. The first-order valence-corrected chi connectivity index (χ1v) is 8.68. The van der Waals surface area contributed by atoms with Crippen LogP contribution in [0.5, 0.6) is 5.75 Å². The summed E-state index contributed by atoms with van der Waals surface area (Å²) in [6.07, 6.45) is 3.63. The Kier molecular flexibility index (Phi) is 5.83. The van der Waals surface area contributed by atoms with Gasteiger partial charge in [-0.2, -0.15) is 0 Å². The van der Waals surface area contributed by atoms with Gasteiger partial charge in [0, 0.05) is 20.0 Å². The number of pyridine rings is 1. The minimum Gasteiger partial charge on any atom is -0.505 e. The highest BCUT2D eigenvalue weighted by Crippen LogP contribution is 2.36. The maximum atomic E-state index is 10.1. The fourth-order valence-corrected chi connectivity index (χ4v) is 3.20. The largest absolute Gasteiger partial charge is 0.505 e. The fraction of sp³-hybridized carbons (Fsp3) is 0.0625. The van der Waals surface area contributed by atoms with Gasteiger partial charge >= 0.3 is 0 Å². The molecule has 0 saturated heterocycles. The predicted octanol–water partition coefficient (Wildman–Crippen LogP) is 5.53. The minimum absolute atomic E-state index is 0.134. The van der Waals surface area contributed by atoms with Gasteiger partial charge in [-0.3, -0.25) is 0 Å². The summed E-state index contributed by atoms with van der Waals surface area (Å²) < 4.78 is 2.26. The van der Waals surface area contributed by atoms with Crippen LogP contribution in [0.4, 0.5) is 0 Å². The highest BCUT2D eigenvalue weighted by Gasteiger charge is 2.10. The molecule has 0 aliphatic heterocycles. The zero-order chi connectivity index (χ0) is 16.3. The number of halogens is 3. The summed E-state index contributed by atoms with van der Waals surface area (Å²) in [5, 5.41) is 14.2. The summed E-state index contributed by atoms with van der Waals surface area (Å²) in [6, 6.07) is 5.64. The lowest BCUT2D eigenvalue weighted by atomic mass is 10.2. The summed E-state index contributed by atoms with van der Waals surface area (Å²) in [7, 11) is 0. The molecule has 0 bridgehead atoms. The monoisotopic (exact) mass is 486 g/mol. The van der Waals surface area contributed by atoms with Crippen LogP contribution in [0.15, 0.2) is 62.6 Å². The summed E-state index contributed by atoms with van der Waals surface area (Å²) in [5.74, 6) is 0.134. The molecule has 1 heterocycles. The number of aromatic nitrogens is 1. The minimum atomic E-state index is 0.134. The lowest BCUT2D eigenvalue weighted by molar-refractivity contribution is 0.477. The second-order valence-corrected chi connectivity index (χ2v) is 7.27. The highest BCUT2D eigenvalue weighted by molar-refractivity contribution is 9.12. The molecule has 6 heteroatoms. The topological polar surface area (TPSA) is 45.1 Å². The second-order valence-electron chi connectivity index (χ2n) is 4.55. The van der Waals surface area contributed by atoms with Crippen LogP contribution in [-0.4, -0.2) is 10.1 Å². The Balaban J connectivity index is 2.21. The zero-order valence-electron chi connectivity index (χ0n) is 11.5. The van der Waals surface area contributed by atoms with Crippen molar-refractivity contribution in [3.05, 3.63) is 68.3 Å². The summed E-state index contributed by atoms with van der Waals surface area (Å²) in [6.45, 7) is 8.13. The Labute approximate surface area is 154 Å². The van der Waals surface area contributed by atoms with Gasteiger partial charge < -0.3 is 10.4 Å². The molecule has 0 atom stereocenters. The number of nitrogens with zero attached hydrogens (tertiary/aromatic N) is 1. The van der Waals surface area contributed by atoms with Gasteiger partial charge in [0.25, 0.3) is 0 Å². The number of aromatic hydroxyl groups is 1. The number of hydrogen-bond donors (Lipinski definition) is 2. The number of benzene rings is 1. The Bertz CT molecular complexity index is 785. The van der Waals surface area contributed by atoms with E-state index in [1.165, 1.54) is 0 Å². The number of allylic oxidation sites excluding steroid dienone is 3. The van der Waals surface area contributed by atoms with Crippen molar-refractivity contribution >= 4 is 58.7 Å². The number of phenolic OH excluding ortho intramolecular Hbond substituents is 1. The van der Waals surface area contributed by atoms with Crippen molar-refractivity contribution in [2.45, 2.75) is 6.54 Å². The normalized spacial score (nSPS) is 11.0. The molecule has 1 aromatic carbocycles. The van der Waals surface area contributed by atoms with Gasteiger partial charge in [0.2, 0.25) is 0 Å². The van der Waals surface area contributed by atoms with Gasteiger partial charge in [-0.05, 0) is 46.3 Å². The average molecular weight is 489 g/mol. The number of fused-ring (bicyclic) bond motifs is 1. The second kappa shape index (κ2) is 7.44. The third kappa shape index (κ3) is 4.21. The van der Waals surface area contributed by atoms with E-state index in [2.05, 4.69) is 71.2 Å². The van der Waals surface area contributed by atoms with Crippen molar-refractivity contribution in [2.24, 2.45) is 0 Å². The van der Waals surface area contributed by atoms with E-state index in [1.807, 2.05) is 24.3 Å². The lowest BCUT2D eigenvalue weighted by Crippen LogP contribution is -2.11. The Hall–Kier alpha value is -1.11. The zero-order valence-corrected chi connectivity index (χ0v) is 16.3. The molecule has 114 valence electrons. The molecule has 22 heavy (non-hydrogen) atoms. The van der Waals surface area contributed by atoms with Crippen molar-refractivity contribution in [3.63, 3.8) is 0 Å². The van der Waals surface area contributed by atoms with E-state index in [0.29, 0.717) is 16.5 Å². The quantitative estimate of drug-likeness (QED) is 0.544. The summed E-state index contributed by atoms with van der Waals surface area (Å²) in [4.78, 5) is 4.50. The number of hydrogen-bond acceptors (Lipinski definition) is 3. The number of rotatable bonds is 5. The van der Waals surface area contributed by atoms with Crippen molar-refractivity contribution in [3.8, 4) is 5.75 Å². The fourth-order valence-electron chi connectivity index (χ4n) is 1.80. The lowest BCUT2D eigenvalue weighted by Gasteiger charge is -2.09. The van der Waals surface area contributed by atoms with E-state index in [-0.39, 0.29) is 5.75 Å². The van der Waals surface area contributed by atoms with Gasteiger partial charge in [-0.15, -0.1) is 0 Å². The summed E-state index contributed by atoms with van der Waals surface area (Å²) in [5.41, 5.74) is 2.11. The Morgan fingerprint density at radius 3 is 2.64 bits per heavy atom. The molecule has 0 aliphatic carbocycles. The molecule has 0 radical (unpaired) electrons. The molecule has 2 rings (SSSR count).